The number of hydrogen-bond acceptors (Lipinski definition) is 8. The molecular formula is C23H21ClN2O7. The summed E-state index contributed by atoms with van der Waals surface area (Å²) in [5.41, 5.74) is 1.76. The van der Waals surface area contributed by atoms with Gasteiger partial charge in [0.05, 0.1) is 18.7 Å². The minimum Gasteiger partial charge on any atom is -0.493 e. The standard InChI is InChI=1S/C23H21ClN2O7/c1-4-31-20(28)12-32-21-17(24)9-14(11-19(21)30-3)10-18-23(29)33-22(26-18)15-5-7-16(8-6-15)25-13(2)27/h5-11H,4,12H2,1-3H3,(H,25,27)/b18-10-. The Kier molecular flexibility index (Phi) is 7.68. The molecule has 1 amide bonds. The molecule has 1 heterocycles. The molecule has 0 saturated carbocycles. The fourth-order valence-corrected chi connectivity index (χ4v) is 3.16. The molecule has 2 aromatic carbocycles. The second kappa shape index (κ2) is 10.6. The lowest BCUT2D eigenvalue weighted by Gasteiger charge is -2.12. The Morgan fingerprint density at radius 2 is 1.94 bits per heavy atom. The van der Waals surface area contributed by atoms with Crippen molar-refractivity contribution < 1.29 is 33.3 Å². The van der Waals surface area contributed by atoms with Crippen molar-refractivity contribution in [2.45, 2.75) is 13.8 Å². The molecule has 3 rings (SSSR count). The molecule has 0 saturated heterocycles. The fourth-order valence-electron chi connectivity index (χ4n) is 2.89. The van der Waals surface area contributed by atoms with E-state index in [0.717, 1.165) is 0 Å². The number of amides is 1. The number of methoxy groups -OCH3 is 1. The maximum atomic E-state index is 12.3. The molecule has 0 spiro atoms. The van der Waals surface area contributed by atoms with Crippen molar-refractivity contribution in [3.05, 3.63) is 58.2 Å². The Labute approximate surface area is 194 Å². The van der Waals surface area contributed by atoms with Crippen molar-refractivity contribution in [1.29, 1.82) is 0 Å². The van der Waals surface area contributed by atoms with E-state index in [4.69, 9.17) is 30.5 Å². The molecule has 2 aromatic rings. The number of nitrogens with zero attached hydrogens (tertiary/aromatic N) is 1. The lowest BCUT2D eigenvalue weighted by atomic mass is 10.1. The number of rotatable bonds is 8. The number of esters is 2. The Bertz CT molecular complexity index is 1140. The van der Waals surface area contributed by atoms with Gasteiger partial charge in [0, 0.05) is 18.2 Å². The Morgan fingerprint density at radius 3 is 2.58 bits per heavy atom. The van der Waals surface area contributed by atoms with Crippen LogP contribution in [-0.2, 0) is 23.9 Å². The van der Waals surface area contributed by atoms with Crippen LogP contribution in [0.1, 0.15) is 25.0 Å². The van der Waals surface area contributed by atoms with Crippen LogP contribution in [0.5, 0.6) is 11.5 Å². The first-order valence-corrected chi connectivity index (χ1v) is 10.2. The molecule has 0 fully saturated rings. The van der Waals surface area contributed by atoms with Crippen molar-refractivity contribution in [3.63, 3.8) is 0 Å². The van der Waals surface area contributed by atoms with Crippen molar-refractivity contribution in [3.8, 4) is 11.5 Å². The van der Waals surface area contributed by atoms with Crippen LogP contribution in [0.2, 0.25) is 5.02 Å². The lowest BCUT2D eigenvalue weighted by Crippen LogP contribution is -2.15. The summed E-state index contributed by atoms with van der Waals surface area (Å²) in [6.45, 7) is 3.01. The molecule has 9 nitrogen and oxygen atoms in total. The largest absolute Gasteiger partial charge is 0.493 e. The van der Waals surface area contributed by atoms with Gasteiger partial charge in [-0.25, -0.2) is 14.6 Å². The summed E-state index contributed by atoms with van der Waals surface area (Å²) in [6.07, 6.45) is 1.49. The highest BCUT2D eigenvalue weighted by Crippen LogP contribution is 2.37. The maximum Gasteiger partial charge on any atom is 0.363 e. The second-order valence-corrected chi connectivity index (χ2v) is 7.13. The zero-order valence-corrected chi connectivity index (χ0v) is 18.9. The molecule has 1 aliphatic heterocycles. The minimum absolute atomic E-state index is 0.0641. The van der Waals surface area contributed by atoms with Gasteiger partial charge < -0.3 is 24.3 Å². The van der Waals surface area contributed by atoms with E-state index in [-0.39, 0.29) is 47.2 Å². The van der Waals surface area contributed by atoms with E-state index in [2.05, 4.69) is 10.3 Å². The Hall–Kier alpha value is -3.85. The average Bonchev–Trinajstić information content (AvgIpc) is 3.13. The van der Waals surface area contributed by atoms with Gasteiger partial charge >= 0.3 is 11.9 Å². The number of halogens is 1. The number of carbonyl (C=O) groups excluding carboxylic acids is 3. The summed E-state index contributed by atoms with van der Waals surface area (Å²) in [4.78, 5) is 39.3. The SMILES string of the molecule is CCOC(=O)COc1c(Cl)cc(/C=C2\N=C(c3ccc(NC(C)=O)cc3)OC2=O)cc1OC. The Balaban J connectivity index is 1.82. The van der Waals surface area contributed by atoms with Crippen molar-refractivity contribution in [1.82, 2.24) is 0 Å². The summed E-state index contributed by atoms with van der Waals surface area (Å²) in [6, 6.07) is 9.83. The van der Waals surface area contributed by atoms with Gasteiger partial charge in [0.25, 0.3) is 0 Å². The quantitative estimate of drug-likeness (QED) is 0.461. The van der Waals surface area contributed by atoms with E-state index in [0.29, 0.717) is 16.8 Å². The maximum absolute atomic E-state index is 12.3. The third kappa shape index (κ3) is 6.11. The van der Waals surface area contributed by atoms with E-state index in [1.807, 2.05) is 0 Å². The summed E-state index contributed by atoms with van der Waals surface area (Å²) in [5.74, 6) is -0.789. The summed E-state index contributed by atoms with van der Waals surface area (Å²) in [5, 5.41) is 2.83. The van der Waals surface area contributed by atoms with Crippen molar-refractivity contribution in [2.24, 2.45) is 4.99 Å². The molecule has 0 bridgehead atoms. The number of anilines is 1. The normalized spacial score (nSPS) is 13.9. The van der Waals surface area contributed by atoms with Crippen LogP contribution in [0.15, 0.2) is 47.1 Å². The van der Waals surface area contributed by atoms with Gasteiger partial charge in [0.15, 0.2) is 23.8 Å². The first kappa shape index (κ1) is 23.8. The van der Waals surface area contributed by atoms with Crippen LogP contribution in [-0.4, -0.2) is 44.1 Å². The van der Waals surface area contributed by atoms with Gasteiger partial charge in [-0.3, -0.25) is 4.79 Å². The molecule has 1 aliphatic rings. The molecule has 0 radical (unpaired) electrons. The third-order valence-electron chi connectivity index (χ3n) is 4.27. The van der Waals surface area contributed by atoms with E-state index in [9.17, 15) is 14.4 Å². The number of benzene rings is 2. The highest BCUT2D eigenvalue weighted by molar-refractivity contribution is 6.32. The van der Waals surface area contributed by atoms with E-state index in [1.54, 1.807) is 43.3 Å². The van der Waals surface area contributed by atoms with Gasteiger partial charge in [-0.1, -0.05) is 11.6 Å². The summed E-state index contributed by atoms with van der Waals surface area (Å²) in [7, 11) is 1.42. The van der Waals surface area contributed by atoms with Crippen molar-refractivity contribution in [2.75, 3.05) is 25.6 Å². The van der Waals surface area contributed by atoms with Gasteiger partial charge in [-0.05, 0) is 55.0 Å². The Morgan fingerprint density at radius 1 is 1.21 bits per heavy atom. The number of nitrogens with one attached hydrogen (secondary N) is 1. The van der Waals surface area contributed by atoms with Crippen LogP contribution in [0.4, 0.5) is 5.69 Å². The summed E-state index contributed by atoms with van der Waals surface area (Å²) < 4.78 is 20.8. The second-order valence-electron chi connectivity index (χ2n) is 6.72. The molecule has 1 N–H and O–H groups in total. The first-order chi connectivity index (χ1) is 15.8. The fraction of sp³-hybridized carbons (Fsp3) is 0.217. The van der Waals surface area contributed by atoms with Crippen LogP contribution < -0.4 is 14.8 Å². The van der Waals surface area contributed by atoms with E-state index < -0.39 is 11.9 Å². The molecular weight excluding hydrogens is 452 g/mol. The summed E-state index contributed by atoms with van der Waals surface area (Å²) >= 11 is 6.30. The van der Waals surface area contributed by atoms with Gasteiger partial charge in [-0.2, -0.15) is 0 Å². The predicted molar refractivity (Wildman–Crippen MR) is 121 cm³/mol. The van der Waals surface area contributed by atoms with Crippen LogP contribution in [0, 0.1) is 0 Å². The van der Waals surface area contributed by atoms with E-state index >= 15 is 0 Å². The molecule has 0 aromatic heterocycles. The molecule has 172 valence electrons. The number of aliphatic imine (C=N–C) groups is 1. The van der Waals surface area contributed by atoms with Crippen LogP contribution in [0.3, 0.4) is 0 Å². The lowest BCUT2D eigenvalue weighted by molar-refractivity contribution is -0.145. The highest BCUT2D eigenvalue weighted by Gasteiger charge is 2.24. The van der Waals surface area contributed by atoms with Gasteiger partial charge in [0.1, 0.15) is 0 Å². The smallest absolute Gasteiger partial charge is 0.363 e. The third-order valence-corrected chi connectivity index (χ3v) is 4.55. The average molecular weight is 473 g/mol. The number of hydrogen-bond donors (Lipinski definition) is 1. The molecule has 10 heteroatoms. The van der Waals surface area contributed by atoms with Gasteiger partial charge in [0.2, 0.25) is 11.8 Å². The topological polar surface area (TPSA) is 113 Å². The zero-order chi connectivity index (χ0) is 24.0. The first-order valence-electron chi connectivity index (χ1n) is 9.87. The number of ether oxygens (including phenoxy) is 4. The molecule has 0 atom stereocenters. The van der Waals surface area contributed by atoms with Crippen LogP contribution >= 0.6 is 11.6 Å². The van der Waals surface area contributed by atoms with Gasteiger partial charge in [-0.15, -0.1) is 0 Å². The molecule has 0 unspecified atom stereocenters. The van der Waals surface area contributed by atoms with Crippen molar-refractivity contribution >= 4 is 47.1 Å². The zero-order valence-electron chi connectivity index (χ0n) is 18.1. The monoisotopic (exact) mass is 472 g/mol. The van der Waals surface area contributed by atoms with Crippen LogP contribution in [0.25, 0.3) is 6.08 Å². The number of cyclic esters (lactones) is 1. The highest BCUT2D eigenvalue weighted by atomic mass is 35.5. The van der Waals surface area contributed by atoms with E-state index in [1.165, 1.54) is 20.1 Å². The number of carbonyl (C=O) groups is 3. The minimum atomic E-state index is -0.631. The molecule has 33 heavy (non-hydrogen) atoms. The molecule has 0 aliphatic carbocycles. The predicted octanol–water partition coefficient (Wildman–Crippen LogP) is 3.59.